The van der Waals surface area contributed by atoms with Gasteiger partial charge in [0.2, 0.25) is 0 Å². The van der Waals surface area contributed by atoms with Crippen LogP contribution in [0, 0.1) is 6.92 Å². The summed E-state index contributed by atoms with van der Waals surface area (Å²) in [5.41, 5.74) is 2.91. The third kappa shape index (κ3) is 9.87. The number of likely N-dealkylation sites (N-methyl/N-ethyl adjacent to an activating group) is 1. The number of benzene rings is 2. The van der Waals surface area contributed by atoms with E-state index >= 15 is 0 Å². The second kappa shape index (κ2) is 14.8. The Kier molecular flexibility index (Phi) is 11.6. The van der Waals surface area contributed by atoms with Gasteiger partial charge in [-0.2, -0.15) is 0 Å². The molecular weight excluding hydrogens is 637 g/mol. The molecule has 0 aliphatic carbocycles. The lowest BCUT2D eigenvalue weighted by Crippen LogP contribution is -2.30. The van der Waals surface area contributed by atoms with Gasteiger partial charge in [-0.15, -0.1) is 0 Å². The number of H-pyrrole nitrogens is 1. The zero-order chi connectivity index (χ0) is 34.6. The summed E-state index contributed by atoms with van der Waals surface area (Å²) in [5, 5.41) is 1.89. The summed E-state index contributed by atoms with van der Waals surface area (Å²) < 4.78 is 62.2. The van der Waals surface area contributed by atoms with E-state index in [0.29, 0.717) is 23.8 Å². The van der Waals surface area contributed by atoms with Gasteiger partial charge in [-0.1, -0.05) is 26.0 Å². The monoisotopic (exact) mass is 687 g/mol. The highest BCUT2D eigenvalue weighted by Crippen LogP contribution is 2.55. The van der Waals surface area contributed by atoms with Crippen LogP contribution in [-0.2, 0) is 28.0 Å². The topological polar surface area (TPSA) is 120 Å². The van der Waals surface area contributed by atoms with Crippen molar-refractivity contribution in [2.75, 3.05) is 38.6 Å². The number of rotatable bonds is 15. The minimum absolute atomic E-state index is 0.0371. The maximum absolute atomic E-state index is 13.4. The van der Waals surface area contributed by atoms with E-state index in [4.69, 9.17) is 18.3 Å². The normalized spacial score (nSPS) is 13.2. The molecule has 4 rings (SSSR count). The van der Waals surface area contributed by atoms with E-state index in [-0.39, 0.29) is 12.4 Å². The van der Waals surface area contributed by atoms with Gasteiger partial charge in [0, 0.05) is 30.1 Å². The maximum atomic E-state index is 13.4. The molecule has 0 atom stereocenters. The molecule has 0 saturated heterocycles. The molecule has 0 aliphatic rings. The number of aromatic amines is 1. The zero-order valence-electron chi connectivity index (χ0n) is 29.2. The van der Waals surface area contributed by atoms with E-state index in [9.17, 15) is 13.0 Å². The molecule has 0 spiro atoms. The molecule has 0 saturated carbocycles. The van der Waals surface area contributed by atoms with E-state index < -0.39 is 28.9 Å². The van der Waals surface area contributed by atoms with Gasteiger partial charge in [-0.05, 0) is 108 Å². The van der Waals surface area contributed by atoms with Crippen molar-refractivity contribution in [3.63, 3.8) is 0 Å². The Morgan fingerprint density at radius 1 is 0.936 bits per heavy atom. The van der Waals surface area contributed by atoms with E-state index in [1.165, 1.54) is 0 Å². The molecular formula is C35H50N3O7PS. The van der Waals surface area contributed by atoms with Crippen LogP contribution in [0.4, 0.5) is 0 Å². The van der Waals surface area contributed by atoms with Crippen LogP contribution in [-0.4, -0.2) is 73.1 Å². The summed E-state index contributed by atoms with van der Waals surface area (Å²) in [6.45, 7) is 19.4. The predicted molar refractivity (Wildman–Crippen MR) is 189 cm³/mol. The molecule has 1 N–H and O–H groups in total. The van der Waals surface area contributed by atoms with E-state index in [2.05, 4.69) is 27.9 Å². The third-order valence-corrected chi connectivity index (χ3v) is 11.1. The molecule has 0 amide bonds. The minimum Gasteiger partial charge on any atom is -0.491 e. The van der Waals surface area contributed by atoms with Crippen LogP contribution in [0.15, 0.2) is 53.6 Å². The predicted octanol–water partition coefficient (Wildman–Crippen LogP) is 8.33. The molecule has 2 aromatic carbocycles. The first kappa shape index (κ1) is 37.0. The van der Waals surface area contributed by atoms with E-state index in [1.54, 1.807) is 25.1 Å². The fourth-order valence-corrected chi connectivity index (χ4v) is 7.99. The Hall–Kier alpha value is -2.79. The van der Waals surface area contributed by atoms with Crippen molar-refractivity contribution in [2.45, 2.75) is 84.8 Å². The lowest BCUT2D eigenvalue weighted by molar-refractivity contribution is 0.00105. The Morgan fingerprint density at radius 3 is 2.28 bits per heavy atom. The second-order valence-electron chi connectivity index (χ2n) is 13.7. The number of phosphoric ester groups is 1. The fourth-order valence-electron chi connectivity index (χ4n) is 5.27. The van der Waals surface area contributed by atoms with Crippen molar-refractivity contribution in [1.29, 1.82) is 0 Å². The zero-order valence-corrected chi connectivity index (χ0v) is 30.9. The van der Waals surface area contributed by atoms with Gasteiger partial charge >= 0.3 is 7.82 Å². The number of aryl methyl sites for hydroxylation is 1. The number of hydrogen-bond acceptors (Lipinski definition) is 9. The van der Waals surface area contributed by atoms with Gasteiger partial charge in [0.15, 0.2) is 9.84 Å². The summed E-state index contributed by atoms with van der Waals surface area (Å²) in [4.78, 5) is 10.6. The first-order valence-corrected chi connectivity index (χ1v) is 19.3. The molecule has 4 aromatic rings. The number of nitrogens with zero attached hydrogens (tertiary/aromatic N) is 2. The van der Waals surface area contributed by atoms with Gasteiger partial charge in [0.05, 0.1) is 40.6 Å². The third-order valence-electron chi connectivity index (χ3n) is 7.34. The number of nitrogens with one attached hydrogen (secondary N) is 1. The molecule has 12 heteroatoms. The number of pyridine rings is 1. The molecule has 258 valence electrons. The van der Waals surface area contributed by atoms with Crippen LogP contribution < -0.4 is 4.74 Å². The van der Waals surface area contributed by atoms with Crippen molar-refractivity contribution in [3.8, 4) is 16.9 Å². The molecule has 0 unspecified atom stereocenters. The first-order valence-electron chi connectivity index (χ1n) is 16.2. The van der Waals surface area contributed by atoms with Crippen molar-refractivity contribution in [1.82, 2.24) is 14.9 Å². The van der Waals surface area contributed by atoms with Crippen molar-refractivity contribution < 1.29 is 31.3 Å². The fraction of sp³-hybridized carbons (Fsp3) is 0.514. The van der Waals surface area contributed by atoms with Gasteiger partial charge in [0.1, 0.15) is 11.4 Å². The Morgan fingerprint density at radius 2 is 1.64 bits per heavy atom. The quantitative estimate of drug-likeness (QED) is 0.0971. The Labute approximate surface area is 279 Å². The molecule has 2 heterocycles. The van der Waals surface area contributed by atoms with Crippen molar-refractivity contribution in [2.24, 2.45) is 0 Å². The highest BCUT2D eigenvalue weighted by Gasteiger charge is 2.37. The van der Waals surface area contributed by atoms with Crippen LogP contribution in [0.25, 0.3) is 33.1 Å². The number of phosphoric acid groups is 1. The Bertz CT molecular complexity index is 1820. The smallest absolute Gasteiger partial charge is 0.475 e. The van der Waals surface area contributed by atoms with Crippen LogP contribution in [0.2, 0.25) is 0 Å². The number of ether oxygens (including phenoxy) is 1. The molecule has 0 radical (unpaired) electrons. The van der Waals surface area contributed by atoms with Crippen LogP contribution >= 0.6 is 7.82 Å². The largest absolute Gasteiger partial charge is 0.491 e. The number of aromatic nitrogens is 2. The first-order chi connectivity index (χ1) is 21.9. The molecule has 2 aromatic heterocycles. The molecule has 10 nitrogen and oxygen atoms in total. The number of hydrogen-bond donors (Lipinski definition) is 1. The number of fused-ring (bicyclic) bond motifs is 3. The van der Waals surface area contributed by atoms with Crippen LogP contribution in [0.1, 0.15) is 67.4 Å². The molecule has 0 aliphatic heterocycles. The average Bonchev–Trinajstić information content (AvgIpc) is 3.35. The standard InChI is InChI=1S/C35H50N3O7PS/c1-10-38(19-21-43-46(39,44-34(4,5)6)45-35(7,8)9)18-13-20-42-30-17-16-28(26-14-12-15-27(23-26)47(40,41)11-2)31-29-22-25(3)24-36-33(29)37-32(30)31/h12,14-17,22-24H,10-11,13,18-21H2,1-9H3,(H,36,37). The summed E-state index contributed by atoms with van der Waals surface area (Å²) in [6, 6.07) is 13.1. The highest BCUT2D eigenvalue weighted by atomic mass is 32.2. The van der Waals surface area contributed by atoms with Gasteiger partial charge in [-0.3, -0.25) is 13.6 Å². The van der Waals surface area contributed by atoms with Crippen molar-refractivity contribution in [3.05, 3.63) is 54.2 Å². The lowest BCUT2D eigenvalue weighted by Gasteiger charge is -2.31. The lowest BCUT2D eigenvalue weighted by atomic mass is 9.99. The number of sulfone groups is 1. The van der Waals surface area contributed by atoms with Gasteiger partial charge < -0.3 is 14.6 Å². The summed E-state index contributed by atoms with van der Waals surface area (Å²) in [5.74, 6) is 0.734. The Balaban J connectivity index is 1.48. The van der Waals surface area contributed by atoms with E-state index in [0.717, 1.165) is 58.1 Å². The SMILES string of the molecule is CCN(CCCOc1ccc(-c2cccc(S(=O)(=O)CC)c2)c2c1[nH]c1ncc(C)cc12)CCOP(=O)(OC(C)(C)C)OC(C)(C)C. The van der Waals surface area contributed by atoms with Gasteiger partial charge in [-0.25, -0.2) is 18.0 Å². The van der Waals surface area contributed by atoms with Crippen LogP contribution in [0.5, 0.6) is 5.75 Å². The molecule has 47 heavy (non-hydrogen) atoms. The minimum atomic E-state index is -3.77. The highest BCUT2D eigenvalue weighted by molar-refractivity contribution is 7.91. The summed E-state index contributed by atoms with van der Waals surface area (Å²) in [7, 11) is -7.13. The molecule has 0 bridgehead atoms. The molecule has 0 fully saturated rings. The summed E-state index contributed by atoms with van der Waals surface area (Å²) in [6.07, 6.45) is 2.57. The van der Waals surface area contributed by atoms with Crippen LogP contribution in [0.3, 0.4) is 0 Å². The van der Waals surface area contributed by atoms with Gasteiger partial charge in [0.25, 0.3) is 0 Å². The van der Waals surface area contributed by atoms with Crippen molar-refractivity contribution >= 4 is 39.6 Å². The van der Waals surface area contributed by atoms with E-state index in [1.807, 2.05) is 72.9 Å². The second-order valence-corrected chi connectivity index (χ2v) is 17.4. The summed E-state index contributed by atoms with van der Waals surface area (Å²) >= 11 is 0. The average molecular weight is 688 g/mol. The maximum Gasteiger partial charge on any atom is 0.475 e.